The standard InChI is InChI=1S/C39H52ClN7O7S/c1-21(2)42-37-44-28(20-55-37)27-18-31(26-6-7-30(32(40)33(26)43-27)52-13-10-46-8-11-51-12-9-46)53-25-17-29(35(41)48)47(19-25)36(49)34(39(3,4)5)45-38(50)54-24-15-22-14-23(22)16-24/h6-7,18,20-25,29,34H,8-17,19H2,1-5H3,(H2,41,48)(H,42,44)(H,45,50)/t22-,23+,24+,25-,29+,34-/m1/s1. The molecule has 2 aliphatic heterocycles. The molecule has 2 aliphatic carbocycles. The Morgan fingerprint density at radius 3 is 2.47 bits per heavy atom. The Hall–Kier alpha value is -3.92. The minimum absolute atomic E-state index is 0.0660. The van der Waals surface area contributed by atoms with Crippen LogP contribution in [0, 0.1) is 17.3 Å². The molecule has 3 aromatic rings. The van der Waals surface area contributed by atoms with E-state index >= 15 is 0 Å². The molecule has 55 heavy (non-hydrogen) atoms. The van der Waals surface area contributed by atoms with E-state index in [2.05, 4.69) is 15.5 Å². The number of benzene rings is 1. The number of amides is 3. The zero-order chi connectivity index (χ0) is 39.0. The van der Waals surface area contributed by atoms with Crippen LogP contribution in [-0.2, 0) is 19.1 Å². The zero-order valence-corrected chi connectivity index (χ0v) is 33.7. The van der Waals surface area contributed by atoms with Gasteiger partial charge in [0.05, 0.1) is 31.0 Å². The number of ether oxygens (including phenoxy) is 4. The van der Waals surface area contributed by atoms with E-state index in [9.17, 15) is 14.4 Å². The minimum atomic E-state index is -0.969. The van der Waals surface area contributed by atoms with Gasteiger partial charge < -0.3 is 40.2 Å². The Labute approximate surface area is 330 Å². The van der Waals surface area contributed by atoms with Gasteiger partial charge in [0, 0.05) is 48.9 Å². The number of morpholine rings is 1. The highest BCUT2D eigenvalue weighted by Gasteiger charge is 2.48. The third kappa shape index (κ3) is 9.22. The van der Waals surface area contributed by atoms with Crippen LogP contribution < -0.4 is 25.8 Å². The van der Waals surface area contributed by atoms with Gasteiger partial charge in [-0.1, -0.05) is 32.4 Å². The Morgan fingerprint density at radius 1 is 1.04 bits per heavy atom. The molecule has 4 N–H and O–H groups in total. The number of halogens is 1. The topological polar surface area (TPSA) is 170 Å². The zero-order valence-electron chi connectivity index (χ0n) is 32.1. The lowest BCUT2D eigenvalue weighted by atomic mass is 9.85. The van der Waals surface area contributed by atoms with E-state index in [0.29, 0.717) is 70.5 Å². The van der Waals surface area contributed by atoms with Crippen LogP contribution in [-0.4, -0.2) is 114 Å². The molecular formula is C39H52ClN7O7S. The Balaban J connectivity index is 1.13. The number of rotatable bonds is 13. The summed E-state index contributed by atoms with van der Waals surface area (Å²) in [6, 6.07) is 3.73. The van der Waals surface area contributed by atoms with E-state index in [1.54, 1.807) is 12.1 Å². The van der Waals surface area contributed by atoms with Crippen molar-refractivity contribution in [1.82, 2.24) is 25.1 Å². The number of nitrogens with zero attached hydrogens (tertiary/aromatic N) is 4. The van der Waals surface area contributed by atoms with Crippen molar-refractivity contribution in [1.29, 1.82) is 0 Å². The predicted molar refractivity (Wildman–Crippen MR) is 211 cm³/mol. The maximum absolute atomic E-state index is 14.3. The summed E-state index contributed by atoms with van der Waals surface area (Å²) in [5, 5.41) is 9.79. The molecule has 14 nitrogen and oxygen atoms in total. The third-order valence-electron chi connectivity index (χ3n) is 10.8. The molecule has 298 valence electrons. The average Bonchev–Trinajstić information content (AvgIpc) is 3.45. The monoisotopic (exact) mass is 797 g/mol. The van der Waals surface area contributed by atoms with Crippen LogP contribution in [0.2, 0.25) is 5.02 Å². The van der Waals surface area contributed by atoms with Crippen LogP contribution in [0.3, 0.4) is 0 Å². The van der Waals surface area contributed by atoms with Crippen molar-refractivity contribution >= 4 is 56.9 Å². The summed E-state index contributed by atoms with van der Waals surface area (Å²) in [5.74, 6) is 1.15. The molecule has 6 atom stereocenters. The average molecular weight is 798 g/mol. The lowest BCUT2D eigenvalue weighted by molar-refractivity contribution is -0.141. The fraction of sp³-hybridized carbons (Fsp3) is 0.615. The van der Waals surface area contributed by atoms with Gasteiger partial charge in [0.1, 0.15) is 53.1 Å². The second kappa shape index (κ2) is 16.3. The molecule has 1 aromatic carbocycles. The molecule has 2 saturated heterocycles. The number of fused-ring (bicyclic) bond motifs is 2. The van der Waals surface area contributed by atoms with Crippen molar-refractivity contribution in [3.05, 3.63) is 28.6 Å². The van der Waals surface area contributed by atoms with E-state index in [1.807, 2.05) is 46.1 Å². The summed E-state index contributed by atoms with van der Waals surface area (Å²) in [7, 11) is 0. The maximum atomic E-state index is 14.3. The normalized spacial score (nSPS) is 24.4. The number of likely N-dealkylation sites (tertiary alicyclic amines) is 1. The van der Waals surface area contributed by atoms with Gasteiger partial charge in [-0.2, -0.15) is 0 Å². The first-order valence-electron chi connectivity index (χ1n) is 19.3. The van der Waals surface area contributed by atoms with E-state index in [1.165, 1.54) is 22.7 Å². The molecule has 3 amide bonds. The lowest BCUT2D eigenvalue weighted by Gasteiger charge is -2.35. The van der Waals surface area contributed by atoms with Crippen molar-refractivity contribution < 1.29 is 33.3 Å². The molecule has 0 unspecified atom stereocenters. The summed E-state index contributed by atoms with van der Waals surface area (Å²) < 4.78 is 24.0. The van der Waals surface area contributed by atoms with Crippen molar-refractivity contribution in [2.24, 2.45) is 23.0 Å². The molecule has 4 aliphatic rings. The quantitative estimate of drug-likeness (QED) is 0.205. The minimum Gasteiger partial charge on any atom is -0.491 e. The number of nitrogens with one attached hydrogen (secondary N) is 2. The summed E-state index contributed by atoms with van der Waals surface area (Å²) >= 11 is 8.50. The molecule has 0 radical (unpaired) electrons. The van der Waals surface area contributed by atoms with Crippen molar-refractivity contribution in [3.8, 4) is 22.9 Å². The number of primary amides is 1. The number of carbonyl (C=O) groups excluding carboxylic acids is 3. The molecule has 0 bridgehead atoms. The highest BCUT2D eigenvalue weighted by Crippen LogP contribution is 2.52. The molecule has 7 rings (SSSR count). The smallest absolute Gasteiger partial charge is 0.408 e. The summed E-state index contributed by atoms with van der Waals surface area (Å²) in [6.45, 7) is 14.0. The largest absolute Gasteiger partial charge is 0.491 e. The molecule has 4 fully saturated rings. The number of anilines is 1. The summed E-state index contributed by atoms with van der Waals surface area (Å²) in [6.07, 6.45) is 1.69. The first-order chi connectivity index (χ1) is 26.2. The number of alkyl carbamates (subject to hydrolysis) is 1. The van der Waals surface area contributed by atoms with Crippen LogP contribution in [0.5, 0.6) is 11.5 Å². The van der Waals surface area contributed by atoms with Gasteiger partial charge in [-0.15, -0.1) is 11.3 Å². The first-order valence-corrected chi connectivity index (χ1v) is 20.5. The van der Waals surface area contributed by atoms with Gasteiger partial charge in [0.25, 0.3) is 0 Å². The van der Waals surface area contributed by atoms with Crippen LogP contribution in [0.25, 0.3) is 22.3 Å². The molecule has 2 saturated carbocycles. The molecule has 4 heterocycles. The van der Waals surface area contributed by atoms with Gasteiger partial charge >= 0.3 is 6.09 Å². The van der Waals surface area contributed by atoms with Gasteiger partial charge in [-0.05, 0) is 62.5 Å². The highest BCUT2D eigenvalue weighted by molar-refractivity contribution is 7.14. The number of hydrogen-bond acceptors (Lipinski definition) is 12. The third-order valence-corrected chi connectivity index (χ3v) is 11.9. The van der Waals surface area contributed by atoms with Crippen LogP contribution in [0.4, 0.5) is 9.93 Å². The van der Waals surface area contributed by atoms with Gasteiger partial charge in [0.2, 0.25) is 11.8 Å². The van der Waals surface area contributed by atoms with Crippen LogP contribution in [0.1, 0.15) is 60.3 Å². The number of aromatic nitrogens is 2. The van der Waals surface area contributed by atoms with Crippen molar-refractivity contribution in [2.45, 2.75) is 90.6 Å². The van der Waals surface area contributed by atoms with E-state index in [4.69, 9.17) is 46.3 Å². The van der Waals surface area contributed by atoms with E-state index in [0.717, 1.165) is 37.6 Å². The number of pyridine rings is 1. The van der Waals surface area contributed by atoms with Crippen molar-refractivity contribution in [2.75, 3.05) is 51.3 Å². The number of thiazole rings is 1. The predicted octanol–water partition coefficient (Wildman–Crippen LogP) is 5.32. The SMILES string of the molecule is CC(C)Nc1nc(-c2cc(O[C@@H]3C[C@@H](C(N)=O)N(C(=O)[C@@H](NC(=O)O[C@@H]4C[C@@H]5C[C@@H]5C4)C(C)(C)C)C3)c3ccc(OCCN4CCOCC4)c(Cl)c3n2)cs1. The Kier molecular flexibility index (Phi) is 11.6. The van der Waals surface area contributed by atoms with Crippen molar-refractivity contribution in [3.63, 3.8) is 0 Å². The fourth-order valence-electron chi connectivity index (χ4n) is 7.81. The molecule has 0 spiro atoms. The second-order valence-electron chi connectivity index (χ2n) is 16.5. The maximum Gasteiger partial charge on any atom is 0.408 e. The Bertz CT molecular complexity index is 1890. The number of hydrogen-bond donors (Lipinski definition) is 3. The second-order valence-corrected chi connectivity index (χ2v) is 17.7. The van der Waals surface area contributed by atoms with Gasteiger partial charge in [-0.3, -0.25) is 14.5 Å². The first kappa shape index (κ1) is 39.3. The number of nitrogens with two attached hydrogens (primary N) is 1. The Morgan fingerprint density at radius 2 is 1.78 bits per heavy atom. The molecule has 16 heteroatoms. The van der Waals surface area contributed by atoms with Crippen LogP contribution >= 0.6 is 22.9 Å². The highest BCUT2D eigenvalue weighted by atomic mass is 35.5. The van der Waals surface area contributed by atoms with E-state index in [-0.39, 0.29) is 25.1 Å². The molecule has 2 aromatic heterocycles. The fourth-order valence-corrected chi connectivity index (χ4v) is 8.93. The summed E-state index contributed by atoms with van der Waals surface area (Å²) in [4.78, 5) is 53.6. The molecular weight excluding hydrogens is 746 g/mol. The summed E-state index contributed by atoms with van der Waals surface area (Å²) in [5.41, 5.74) is 6.85. The van der Waals surface area contributed by atoms with Gasteiger partial charge in [-0.25, -0.2) is 14.8 Å². The van der Waals surface area contributed by atoms with Gasteiger partial charge in [0.15, 0.2) is 5.13 Å². The van der Waals surface area contributed by atoms with Crippen LogP contribution in [0.15, 0.2) is 23.6 Å². The lowest BCUT2D eigenvalue weighted by Crippen LogP contribution is -2.57. The number of carbonyl (C=O) groups is 3. The van der Waals surface area contributed by atoms with E-state index < -0.39 is 41.5 Å².